The lowest BCUT2D eigenvalue weighted by atomic mass is 9.99. The van der Waals surface area contributed by atoms with Crippen molar-refractivity contribution in [2.24, 2.45) is 0 Å². The van der Waals surface area contributed by atoms with Crippen molar-refractivity contribution < 1.29 is 69.8 Å². The van der Waals surface area contributed by atoms with Crippen molar-refractivity contribution in [3.8, 4) is 0 Å². The summed E-state index contributed by atoms with van der Waals surface area (Å²) < 4.78 is 78.8. The molecule has 3 fully saturated rings. The number of nitrogens with one attached hydrogen (secondary N) is 1. The number of ether oxygens (including phenoxy) is 8. The fourth-order valence-electron chi connectivity index (χ4n) is 7.03. The summed E-state index contributed by atoms with van der Waals surface area (Å²) in [7, 11) is -4.29. The van der Waals surface area contributed by atoms with Crippen LogP contribution in [0.4, 0.5) is 5.69 Å². The van der Waals surface area contributed by atoms with E-state index in [0.29, 0.717) is 12.0 Å². The van der Waals surface area contributed by atoms with Gasteiger partial charge in [0.05, 0.1) is 47.1 Å². The molecule has 0 bridgehead atoms. The fourth-order valence-corrected chi connectivity index (χ4v) is 8.36. The second kappa shape index (κ2) is 21.9. The molecule has 0 aromatic heterocycles. The van der Waals surface area contributed by atoms with Crippen molar-refractivity contribution >= 4 is 74.2 Å². The highest BCUT2D eigenvalue weighted by Gasteiger charge is 2.48. The van der Waals surface area contributed by atoms with Crippen LogP contribution in [0.3, 0.4) is 0 Å². The molecule has 1 N–H and O–H groups in total. The van der Waals surface area contributed by atoms with E-state index in [0.717, 1.165) is 0 Å². The fraction of sp³-hybridized carbons (Fsp3) is 0.600. The molecule has 0 saturated carbocycles. The molecule has 3 saturated heterocycles. The van der Waals surface area contributed by atoms with Crippen LogP contribution in [-0.2, 0) is 68.2 Å². The van der Waals surface area contributed by atoms with E-state index in [-0.39, 0.29) is 55.6 Å². The minimum absolute atomic E-state index is 0.0146. The first kappa shape index (κ1) is 49.5. The zero-order valence-electron chi connectivity index (χ0n) is 34.2. The van der Waals surface area contributed by atoms with Crippen LogP contribution in [0, 0.1) is 15.5 Å². The van der Waals surface area contributed by atoms with Crippen LogP contribution in [0.5, 0.6) is 0 Å². The molecule has 0 aliphatic carbocycles. The highest BCUT2D eigenvalue weighted by molar-refractivity contribution is 7.86. The maximum Gasteiger partial charge on any atom is 0.338 e. The zero-order valence-corrected chi connectivity index (χ0v) is 37.3. The first-order chi connectivity index (χ1) is 29.2. The zero-order chi connectivity index (χ0) is 45.4. The minimum atomic E-state index is -4.29. The van der Waals surface area contributed by atoms with E-state index in [4.69, 9.17) is 82.3 Å². The van der Waals surface area contributed by atoms with Gasteiger partial charge in [0, 0.05) is 37.8 Å². The SMILES string of the molecule is CC(=O)CCC(=O)O[C@H]1CC[C@H](O[C@@H]2C[C@H](O[C@@H]3CC(OC(=N)C(Cl)(Cl)Cl)O[C@H](C)[C@H]3OC(=O)c3ccccc3)O[C@H](C)[C@H]2OS(=O)(=O)CCc2ccc([N+](=O)[O-])cc2)O[C@H]1C. The molecule has 342 valence electrons. The first-order valence-corrected chi connectivity index (χ1v) is 22.6. The van der Waals surface area contributed by atoms with Crippen molar-refractivity contribution in [1.82, 2.24) is 0 Å². The number of non-ortho nitro benzene ring substituents is 1. The normalized spacial score (nSPS) is 29.2. The van der Waals surface area contributed by atoms with Gasteiger partial charge in [-0.25, -0.2) is 4.79 Å². The van der Waals surface area contributed by atoms with Crippen LogP contribution in [0.15, 0.2) is 54.6 Å². The van der Waals surface area contributed by atoms with Crippen LogP contribution < -0.4 is 0 Å². The highest BCUT2D eigenvalue weighted by atomic mass is 35.6. The molecule has 62 heavy (non-hydrogen) atoms. The molecule has 3 aliphatic heterocycles. The first-order valence-electron chi connectivity index (χ1n) is 19.9. The molecule has 3 heterocycles. The van der Waals surface area contributed by atoms with Crippen LogP contribution in [0.1, 0.15) is 82.1 Å². The summed E-state index contributed by atoms with van der Waals surface area (Å²) in [6.45, 7) is 6.24. The summed E-state index contributed by atoms with van der Waals surface area (Å²) in [6.07, 6.45) is -10.6. The number of nitro benzene ring substituents is 1. The maximum absolute atomic E-state index is 13.5. The third-order valence-electron chi connectivity index (χ3n) is 10.2. The predicted molar refractivity (Wildman–Crippen MR) is 221 cm³/mol. The number of nitrogens with zero attached hydrogens (tertiary/aromatic N) is 1. The lowest BCUT2D eigenvalue weighted by Crippen LogP contribution is -2.56. The van der Waals surface area contributed by atoms with Crippen molar-refractivity contribution in [3.05, 3.63) is 75.8 Å². The molecule has 3 aliphatic rings. The molecule has 22 heteroatoms. The summed E-state index contributed by atoms with van der Waals surface area (Å²) in [5, 5.41) is 19.2. The Labute approximate surface area is 373 Å². The number of carbonyl (C=O) groups is 3. The Balaban J connectivity index is 1.35. The number of esters is 2. The van der Waals surface area contributed by atoms with Gasteiger partial charge < -0.3 is 42.7 Å². The van der Waals surface area contributed by atoms with E-state index in [1.807, 2.05) is 0 Å². The van der Waals surface area contributed by atoms with Gasteiger partial charge >= 0.3 is 11.9 Å². The number of alkyl halides is 3. The number of hydrogen-bond donors (Lipinski definition) is 1. The second-order valence-corrected chi connectivity index (χ2v) is 19.1. The van der Waals surface area contributed by atoms with Crippen molar-refractivity contribution in [2.75, 3.05) is 5.75 Å². The molecule has 0 spiro atoms. The third kappa shape index (κ3) is 14.5. The molecule has 18 nitrogen and oxygen atoms in total. The Morgan fingerprint density at radius 3 is 2.02 bits per heavy atom. The Morgan fingerprint density at radius 1 is 0.790 bits per heavy atom. The van der Waals surface area contributed by atoms with E-state index >= 15 is 0 Å². The maximum atomic E-state index is 13.5. The smallest absolute Gasteiger partial charge is 0.338 e. The average molecular weight is 952 g/mol. The van der Waals surface area contributed by atoms with Crippen molar-refractivity contribution in [1.29, 1.82) is 5.41 Å². The minimum Gasteiger partial charge on any atom is -0.460 e. The Morgan fingerprint density at radius 2 is 1.39 bits per heavy atom. The number of carbonyl (C=O) groups excluding carboxylic acids is 3. The number of hydrogen-bond acceptors (Lipinski definition) is 17. The number of nitro groups is 1. The Bertz CT molecular complexity index is 1990. The number of ketones is 1. The Kier molecular flexibility index (Phi) is 17.5. The number of aryl methyl sites for hydroxylation is 1. The van der Waals surface area contributed by atoms with Crippen LogP contribution in [0.25, 0.3) is 0 Å². The third-order valence-corrected chi connectivity index (χ3v) is 12.0. The van der Waals surface area contributed by atoms with Gasteiger partial charge in [-0.05, 0) is 58.2 Å². The van der Waals surface area contributed by atoms with E-state index in [1.165, 1.54) is 31.2 Å². The van der Waals surface area contributed by atoms with E-state index in [9.17, 15) is 32.9 Å². The summed E-state index contributed by atoms with van der Waals surface area (Å²) in [5.74, 6) is -2.57. The van der Waals surface area contributed by atoms with Crippen molar-refractivity contribution in [2.45, 2.75) is 144 Å². The van der Waals surface area contributed by atoms with Gasteiger partial charge in [-0.2, -0.15) is 8.42 Å². The molecule has 1 unspecified atom stereocenters. The molecular formula is C40H49Cl3N2O16S. The van der Waals surface area contributed by atoms with Gasteiger partial charge in [0.15, 0.2) is 18.7 Å². The average Bonchev–Trinajstić information content (AvgIpc) is 3.20. The summed E-state index contributed by atoms with van der Waals surface area (Å²) >= 11 is 17.6. The molecule has 11 atom stereocenters. The van der Waals surface area contributed by atoms with Gasteiger partial charge in [0.1, 0.15) is 24.1 Å². The van der Waals surface area contributed by atoms with Gasteiger partial charge in [-0.1, -0.05) is 65.1 Å². The lowest BCUT2D eigenvalue weighted by Gasteiger charge is -2.45. The van der Waals surface area contributed by atoms with E-state index in [1.54, 1.807) is 51.1 Å². The van der Waals surface area contributed by atoms with E-state index < -0.39 is 110 Å². The van der Waals surface area contributed by atoms with Crippen molar-refractivity contribution in [3.63, 3.8) is 0 Å². The largest absolute Gasteiger partial charge is 0.460 e. The highest BCUT2D eigenvalue weighted by Crippen LogP contribution is 2.36. The lowest BCUT2D eigenvalue weighted by molar-refractivity contribution is -0.384. The van der Waals surface area contributed by atoms with Gasteiger partial charge in [0.2, 0.25) is 12.2 Å². The molecule has 5 rings (SSSR count). The van der Waals surface area contributed by atoms with Gasteiger partial charge in [-0.15, -0.1) is 0 Å². The summed E-state index contributed by atoms with van der Waals surface area (Å²) in [4.78, 5) is 47.6. The molecule has 2 aromatic rings. The number of Topliss-reactive ketones (excluding diaryl/α,β-unsaturated/α-hetero) is 1. The quantitative estimate of drug-likeness (QED) is 0.0349. The van der Waals surface area contributed by atoms with Crippen LogP contribution in [-0.4, -0.2) is 114 Å². The number of rotatable bonds is 17. The molecule has 0 radical (unpaired) electrons. The number of halogens is 3. The predicted octanol–water partition coefficient (Wildman–Crippen LogP) is 6.29. The molecular weight excluding hydrogens is 903 g/mol. The second-order valence-electron chi connectivity index (χ2n) is 15.1. The molecule has 2 aromatic carbocycles. The number of benzene rings is 2. The topological polar surface area (TPSA) is 235 Å². The van der Waals surface area contributed by atoms with E-state index in [2.05, 4.69) is 0 Å². The van der Waals surface area contributed by atoms with Gasteiger partial charge in [0.25, 0.3) is 19.6 Å². The molecule has 0 amide bonds. The van der Waals surface area contributed by atoms with Crippen LogP contribution in [0.2, 0.25) is 0 Å². The van der Waals surface area contributed by atoms with Gasteiger partial charge in [-0.3, -0.25) is 24.5 Å². The summed E-state index contributed by atoms with van der Waals surface area (Å²) in [6, 6.07) is 13.7. The standard InChI is InChI=1S/C40H49Cl3N2O16S/c1-22(46)10-16-32(47)56-29-15-17-33(53-23(29)2)57-31-21-34(55-25(4)37(31)61-62(51,52)19-18-26-11-13-28(14-12-26)45(49)50)58-30-20-35(59-39(44)40(41,42)43)54-24(3)36(30)60-38(48)27-8-6-5-7-9-27/h5-9,11-14,23-25,29-31,33-37,44H,10,15-21H2,1-4H3/t23-,24+,25+,29-,30+,31+,33-,34-,35?,36+,37+/m0/s1. The van der Waals surface area contributed by atoms with Crippen LogP contribution >= 0.6 is 34.8 Å². The summed E-state index contributed by atoms with van der Waals surface area (Å²) in [5.41, 5.74) is 0.642. The Hall–Kier alpha value is -3.50. The monoisotopic (exact) mass is 950 g/mol.